The number of carbonyl (C=O) groups is 1. The minimum absolute atomic E-state index is 0.136. The normalized spacial score (nSPS) is 12.7. The highest BCUT2D eigenvalue weighted by Gasteiger charge is 2.21. The van der Waals surface area contributed by atoms with E-state index in [2.05, 4.69) is 10.6 Å². The Morgan fingerprint density at radius 2 is 1.94 bits per heavy atom. The molecule has 0 saturated carbocycles. The molecule has 2 aromatic carbocycles. The van der Waals surface area contributed by atoms with Gasteiger partial charge in [-0.05, 0) is 67.6 Å². The second-order valence-electron chi connectivity index (χ2n) is 8.03. The molecule has 1 aliphatic rings. The monoisotopic (exact) mass is 458 g/mol. The van der Waals surface area contributed by atoms with E-state index in [9.17, 15) is 14.9 Å². The van der Waals surface area contributed by atoms with Crippen molar-refractivity contribution in [1.29, 1.82) is 0 Å². The van der Waals surface area contributed by atoms with Crippen molar-refractivity contribution < 1.29 is 18.9 Å². The largest absolute Gasteiger partial charge is 0.495 e. The van der Waals surface area contributed by atoms with Crippen molar-refractivity contribution in [3.8, 4) is 5.75 Å². The molecule has 172 valence electrons. The van der Waals surface area contributed by atoms with Gasteiger partial charge in [-0.3, -0.25) is 19.9 Å². The summed E-state index contributed by atoms with van der Waals surface area (Å²) in [5, 5.41) is 18.0. The molecule has 0 fully saturated rings. The summed E-state index contributed by atoms with van der Waals surface area (Å²) in [6.45, 7) is 0. The summed E-state index contributed by atoms with van der Waals surface area (Å²) in [5.74, 6) is -0.469. The molecule has 1 amide bonds. The lowest BCUT2D eigenvalue weighted by Crippen LogP contribution is -2.12. The van der Waals surface area contributed by atoms with Crippen LogP contribution >= 0.6 is 0 Å². The third-order valence-electron chi connectivity index (χ3n) is 5.88. The van der Waals surface area contributed by atoms with Crippen molar-refractivity contribution in [2.45, 2.75) is 25.7 Å². The van der Waals surface area contributed by atoms with Crippen molar-refractivity contribution in [2.24, 2.45) is 0 Å². The number of para-hydroxylation sites is 2. The Bertz CT molecular complexity index is 1410. The number of carbonyl (C=O) groups excluding carboxylic acids is 1. The highest BCUT2D eigenvalue weighted by molar-refractivity contribution is 6.05. The number of pyridine rings is 1. The van der Waals surface area contributed by atoms with Crippen LogP contribution in [0.4, 0.5) is 22.9 Å². The third kappa shape index (κ3) is 4.03. The molecular formula is C25H22N4O5. The summed E-state index contributed by atoms with van der Waals surface area (Å²) in [4.78, 5) is 27.7. The molecule has 4 aromatic rings. The van der Waals surface area contributed by atoms with Gasteiger partial charge in [0.2, 0.25) is 0 Å². The first-order valence-electron chi connectivity index (χ1n) is 10.9. The van der Waals surface area contributed by atoms with Crippen LogP contribution in [-0.4, -0.2) is 22.9 Å². The lowest BCUT2D eigenvalue weighted by atomic mass is 9.92. The lowest BCUT2D eigenvalue weighted by molar-refractivity contribution is -0.402. The van der Waals surface area contributed by atoms with Gasteiger partial charge in [0.1, 0.15) is 10.7 Å². The molecule has 2 N–H and O–H groups in total. The lowest BCUT2D eigenvalue weighted by Gasteiger charge is -2.23. The average Bonchev–Trinajstić information content (AvgIpc) is 3.35. The number of hydrogen-bond acceptors (Lipinski definition) is 7. The highest BCUT2D eigenvalue weighted by Crippen LogP contribution is 2.38. The Morgan fingerprint density at radius 1 is 1.12 bits per heavy atom. The van der Waals surface area contributed by atoms with E-state index in [4.69, 9.17) is 14.1 Å². The van der Waals surface area contributed by atoms with Crippen LogP contribution in [0.2, 0.25) is 0 Å². The zero-order valence-corrected chi connectivity index (χ0v) is 18.5. The molecule has 0 unspecified atom stereocenters. The van der Waals surface area contributed by atoms with Crippen molar-refractivity contribution >= 4 is 39.8 Å². The molecule has 34 heavy (non-hydrogen) atoms. The van der Waals surface area contributed by atoms with Gasteiger partial charge in [-0.15, -0.1) is 0 Å². The molecule has 0 atom stereocenters. The topological polar surface area (TPSA) is 120 Å². The Hall–Kier alpha value is -4.40. The van der Waals surface area contributed by atoms with Gasteiger partial charge < -0.3 is 19.8 Å². The van der Waals surface area contributed by atoms with Crippen LogP contribution in [0.15, 0.2) is 59.0 Å². The molecule has 2 aromatic heterocycles. The maximum absolute atomic E-state index is 12.6. The van der Waals surface area contributed by atoms with E-state index in [1.165, 1.54) is 6.07 Å². The standard InChI is InChI=1S/C25H22N4O5/c1-33-21-9-5-4-8-20(21)28-24-16-6-2-3-7-18(16)27-19-11-10-15(14-17(19)24)26-25(30)22-12-13-23(34-22)29(31)32/h4-5,8-14H,2-3,6-7H2,1H3,(H,26,30)(H,27,28). The van der Waals surface area contributed by atoms with E-state index < -0.39 is 16.7 Å². The van der Waals surface area contributed by atoms with Crippen LogP contribution < -0.4 is 15.4 Å². The maximum Gasteiger partial charge on any atom is 0.433 e. The minimum atomic E-state index is -0.683. The highest BCUT2D eigenvalue weighted by atomic mass is 16.6. The number of nitrogens with zero attached hydrogens (tertiary/aromatic N) is 2. The number of methoxy groups -OCH3 is 1. The van der Waals surface area contributed by atoms with Gasteiger partial charge >= 0.3 is 5.88 Å². The number of rotatable bonds is 6. The average molecular weight is 458 g/mol. The number of benzene rings is 2. The van der Waals surface area contributed by atoms with Gasteiger partial charge in [-0.1, -0.05) is 12.1 Å². The molecule has 0 radical (unpaired) electrons. The second-order valence-corrected chi connectivity index (χ2v) is 8.03. The van der Waals surface area contributed by atoms with E-state index >= 15 is 0 Å². The Morgan fingerprint density at radius 3 is 2.74 bits per heavy atom. The fraction of sp³-hybridized carbons (Fsp3) is 0.200. The Kier molecular flexibility index (Phi) is 5.59. The zero-order valence-electron chi connectivity index (χ0n) is 18.5. The quantitative estimate of drug-likeness (QED) is 0.284. The third-order valence-corrected chi connectivity index (χ3v) is 5.88. The summed E-state index contributed by atoms with van der Waals surface area (Å²) >= 11 is 0. The van der Waals surface area contributed by atoms with E-state index in [0.29, 0.717) is 5.69 Å². The summed E-state index contributed by atoms with van der Waals surface area (Å²) in [6.07, 6.45) is 4.00. The SMILES string of the molecule is COc1ccccc1Nc1c2c(nc3ccc(NC(=O)c4ccc([N+](=O)[O-])o4)cc13)CCCC2. The summed E-state index contributed by atoms with van der Waals surface area (Å²) in [6, 6.07) is 15.6. The number of nitrogens with one attached hydrogen (secondary N) is 2. The smallest absolute Gasteiger partial charge is 0.433 e. The van der Waals surface area contributed by atoms with Crippen LogP contribution in [0.1, 0.15) is 34.7 Å². The summed E-state index contributed by atoms with van der Waals surface area (Å²) < 4.78 is 10.5. The molecule has 9 heteroatoms. The predicted octanol–water partition coefficient (Wildman–Crippen LogP) is 5.62. The minimum Gasteiger partial charge on any atom is -0.495 e. The van der Waals surface area contributed by atoms with Crippen LogP contribution in [-0.2, 0) is 12.8 Å². The first-order valence-corrected chi connectivity index (χ1v) is 10.9. The molecular weight excluding hydrogens is 436 g/mol. The number of furan rings is 1. The first kappa shape index (κ1) is 21.4. The fourth-order valence-electron chi connectivity index (χ4n) is 4.27. The van der Waals surface area contributed by atoms with Gasteiger partial charge in [0.05, 0.1) is 30.1 Å². The predicted molar refractivity (Wildman–Crippen MR) is 128 cm³/mol. The molecule has 1 aliphatic carbocycles. The van der Waals surface area contributed by atoms with Crippen LogP contribution in [0.5, 0.6) is 5.75 Å². The van der Waals surface area contributed by atoms with E-state index in [-0.39, 0.29) is 5.76 Å². The molecule has 0 spiro atoms. The van der Waals surface area contributed by atoms with Gasteiger partial charge in [-0.2, -0.15) is 0 Å². The first-order chi connectivity index (χ1) is 16.5. The van der Waals surface area contributed by atoms with E-state index in [1.54, 1.807) is 13.2 Å². The van der Waals surface area contributed by atoms with Crippen molar-refractivity contribution in [1.82, 2.24) is 4.98 Å². The molecule has 9 nitrogen and oxygen atoms in total. The summed E-state index contributed by atoms with van der Waals surface area (Å²) in [7, 11) is 1.63. The van der Waals surface area contributed by atoms with Crippen LogP contribution in [0.25, 0.3) is 10.9 Å². The number of aryl methyl sites for hydroxylation is 1. The number of hydrogen-bond donors (Lipinski definition) is 2. The molecule has 0 aliphatic heterocycles. The van der Waals surface area contributed by atoms with Gasteiger partial charge in [0.25, 0.3) is 5.91 Å². The number of fused-ring (bicyclic) bond motifs is 2. The second kappa shape index (κ2) is 8.86. The maximum atomic E-state index is 12.6. The molecule has 0 saturated heterocycles. The zero-order chi connectivity index (χ0) is 23.7. The van der Waals surface area contributed by atoms with E-state index in [1.807, 2.05) is 36.4 Å². The number of ether oxygens (including phenoxy) is 1. The van der Waals surface area contributed by atoms with Crippen molar-refractivity contribution in [2.75, 3.05) is 17.7 Å². The molecule has 0 bridgehead atoms. The molecule has 2 heterocycles. The number of amides is 1. The van der Waals surface area contributed by atoms with Gasteiger partial charge in [-0.25, -0.2) is 0 Å². The van der Waals surface area contributed by atoms with Crippen LogP contribution in [0, 0.1) is 10.1 Å². The van der Waals surface area contributed by atoms with Crippen molar-refractivity contribution in [3.05, 3.63) is 81.7 Å². The fourth-order valence-corrected chi connectivity index (χ4v) is 4.27. The van der Waals surface area contributed by atoms with E-state index in [0.717, 1.165) is 71.0 Å². The number of aromatic nitrogens is 1. The number of nitro groups is 1. The molecule has 5 rings (SSSR count). The van der Waals surface area contributed by atoms with Crippen LogP contribution in [0.3, 0.4) is 0 Å². The summed E-state index contributed by atoms with van der Waals surface area (Å²) in [5.41, 5.74) is 5.35. The van der Waals surface area contributed by atoms with Crippen molar-refractivity contribution in [3.63, 3.8) is 0 Å². The Labute approximate surface area is 194 Å². The Balaban J connectivity index is 1.55. The van der Waals surface area contributed by atoms with Gasteiger partial charge in [0.15, 0.2) is 5.76 Å². The van der Waals surface area contributed by atoms with Gasteiger partial charge in [0, 0.05) is 16.8 Å². The number of anilines is 3.